The fourth-order valence-electron chi connectivity index (χ4n) is 1.60. The number of carbonyl (C=O) groups excluding carboxylic acids is 1. The van der Waals surface area contributed by atoms with Crippen molar-refractivity contribution in [2.75, 3.05) is 14.1 Å². The average Bonchev–Trinajstić information content (AvgIpc) is 2.12. The highest BCUT2D eigenvalue weighted by molar-refractivity contribution is 5.87. The second kappa shape index (κ2) is 6.63. The standard InChI is InChI=1S/C12H23NO3/c1-8(2)6-10(13(4)5)11(14)7-9(3)12(15)16/h8-10H,6-7H2,1-5H3,(H,15,16). The first-order valence-corrected chi connectivity index (χ1v) is 5.67. The highest BCUT2D eigenvalue weighted by Gasteiger charge is 2.25. The molecule has 0 radical (unpaired) electrons. The summed E-state index contributed by atoms with van der Waals surface area (Å²) in [6.45, 7) is 5.69. The van der Waals surface area contributed by atoms with E-state index in [9.17, 15) is 9.59 Å². The number of hydrogen-bond acceptors (Lipinski definition) is 3. The molecule has 0 bridgehead atoms. The van der Waals surface area contributed by atoms with E-state index in [0.717, 1.165) is 6.42 Å². The molecule has 0 aliphatic carbocycles. The summed E-state index contributed by atoms with van der Waals surface area (Å²) in [5, 5.41) is 8.77. The van der Waals surface area contributed by atoms with Crippen molar-refractivity contribution in [3.8, 4) is 0 Å². The van der Waals surface area contributed by atoms with Crippen molar-refractivity contribution in [3.63, 3.8) is 0 Å². The monoisotopic (exact) mass is 229 g/mol. The summed E-state index contributed by atoms with van der Waals surface area (Å²) in [5.41, 5.74) is 0. The van der Waals surface area contributed by atoms with E-state index in [-0.39, 0.29) is 18.2 Å². The van der Waals surface area contributed by atoms with E-state index in [0.29, 0.717) is 5.92 Å². The lowest BCUT2D eigenvalue weighted by Gasteiger charge is -2.25. The van der Waals surface area contributed by atoms with Crippen molar-refractivity contribution in [1.29, 1.82) is 0 Å². The maximum atomic E-state index is 11.9. The van der Waals surface area contributed by atoms with Crippen LogP contribution in [-0.2, 0) is 9.59 Å². The van der Waals surface area contributed by atoms with Gasteiger partial charge in [-0.25, -0.2) is 0 Å². The molecule has 0 aromatic carbocycles. The fraction of sp³-hybridized carbons (Fsp3) is 0.833. The SMILES string of the molecule is CC(C)CC(C(=O)CC(C)C(=O)O)N(C)C. The molecule has 2 atom stereocenters. The van der Waals surface area contributed by atoms with Crippen molar-refractivity contribution in [3.05, 3.63) is 0 Å². The minimum Gasteiger partial charge on any atom is -0.481 e. The highest BCUT2D eigenvalue weighted by atomic mass is 16.4. The summed E-state index contributed by atoms with van der Waals surface area (Å²) in [6, 6.07) is -0.165. The molecule has 4 heteroatoms. The van der Waals surface area contributed by atoms with Crippen molar-refractivity contribution < 1.29 is 14.7 Å². The molecule has 16 heavy (non-hydrogen) atoms. The second-order valence-electron chi connectivity index (χ2n) is 5.02. The summed E-state index contributed by atoms with van der Waals surface area (Å²) in [7, 11) is 3.72. The van der Waals surface area contributed by atoms with E-state index >= 15 is 0 Å². The van der Waals surface area contributed by atoms with Crippen LogP contribution in [0.2, 0.25) is 0 Å². The molecule has 0 aliphatic rings. The van der Waals surface area contributed by atoms with Crippen molar-refractivity contribution in [1.82, 2.24) is 4.90 Å². The summed E-state index contributed by atoms with van der Waals surface area (Å²) >= 11 is 0. The number of rotatable bonds is 7. The molecule has 0 spiro atoms. The minimum absolute atomic E-state index is 0.0219. The Morgan fingerprint density at radius 1 is 1.19 bits per heavy atom. The van der Waals surface area contributed by atoms with Gasteiger partial charge in [0.05, 0.1) is 12.0 Å². The Hall–Kier alpha value is -0.900. The summed E-state index contributed by atoms with van der Waals surface area (Å²) < 4.78 is 0. The first kappa shape index (κ1) is 15.1. The average molecular weight is 229 g/mol. The maximum Gasteiger partial charge on any atom is 0.306 e. The number of nitrogens with zero attached hydrogens (tertiary/aromatic N) is 1. The van der Waals surface area contributed by atoms with E-state index < -0.39 is 11.9 Å². The number of likely N-dealkylation sites (N-methyl/N-ethyl adjacent to an activating group) is 1. The normalized spacial score (nSPS) is 15.2. The molecule has 0 saturated carbocycles. The van der Waals surface area contributed by atoms with Crippen molar-refractivity contribution in [2.24, 2.45) is 11.8 Å². The minimum atomic E-state index is -0.907. The molecule has 0 amide bonds. The Balaban J connectivity index is 4.44. The largest absolute Gasteiger partial charge is 0.481 e. The zero-order chi connectivity index (χ0) is 12.9. The summed E-state index contributed by atoms with van der Waals surface area (Å²) in [6.07, 6.45) is 0.892. The molecule has 0 aromatic heterocycles. The lowest BCUT2D eigenvalue weighted by Crippen LogP contribution is -2.38. The third-order valence-corrected chi connectivity index (χ3v) is 2.62. The summed E-state index contributed by atoms with van der Waals surface area (Å²) in [5.74, 6) is -1.05. The van der Waals surface area contributed by atoms with Gasteiger partial charge in [-0.1, -0.05) is 20.8 Å². The predicted octanol–water partition coefficient (Wildman–Crippen LogP) is 1.64. The molecule has 2 unspecified atom stereocenters. The quantitative estimate of drug-likeness (QED) is 0.721. The van der Waals surface area contributed by atoms with Crippen molar-refractivity contribution >= 4 is 11.8 Å². The Morgan fingerprint density at radius 2 is 1.69 bits per heavy atom. The molecular formula is C12H23NO3. The Labute approximate surface area is 97.6 Å². The van der Waals surface area contributed by atoms with E-state index in [4.69, 9.17) is 5.11 Å². The lowest BCUT2D eigenvalue weighted by molar-refractivity contribution is -0.143. The van der Waals surface area contributed by atoms with Crippen LogP contribution in [0.5, 0.6) is 0 Å². The maximum absolute atomic E-state index is 11.9. The predicted molar refractivity (Wildman–Crippen MR) is 63.4 cm³/mol. The molecule has 0 aliphatic heterocycles. The topological polar surface area (TPSA) is 57.6 Å². The number of carboxylic acids is 1. The zero-order valence-electron chi connectivity index (χ0n) is 10.9. The van der Waals surface area contributed by atoms with Crippen LogP contribution in [0, 0.1) is 11.8 Å². The number of carboxylic acid groups (broad SMARTS) is 1. The van der Waals surface area contributed by atoms with Crippen LogP contribution in [0.1, 0.15) is 33.6 Å². The van der Waals surface area contributed by atoms with Gasteiger partial charge in [-0.2, -0.15) is 0 Å². The number of aliphatic carboxylic acids is 1. The fourth-order valence-corrected chi connectivity index (χ4v) is 1.60. The van der Waals surface area contributed by atoms with E-state index in [1.165, 1.54) is 0 Å². The number of ketones is 1. The summed E-state index contributed by atoms with van der Waals surface area (Å²) in [4.78, 5) is 24.5. The van der Waals surface area contributed by atoms with Crippen LogP contribution < -0.4 is 0 Å². The highest BCUT2D eigenvalue weighted by Crippen LogP contribution is 2.14. The van der Waals surface area contributed by atoms with Gasteiger partial charge in [0, 0.05) is 6.42 Å². The van der Waals surface area contributed by atoms with Gasteiger partial charge in [-0.05, 0) is 26.4 Å². The van der Waals surface area contributed by atoms with Gasteiger partial charge in [0.2, 0.25) is 0 Å². The molecule has 4 nitrogen and oxygen atoms in total. The van der Waals surface area contributed by atoms with Crippen LogP contribution in [-0.4, -0.2) is 41.9 Å². The number of carbonyl (C=O) groups is 2. The number of Topliss-reactive ketones (excluding diaryl/α,β-unsaturated/α-hetero) is 1. The van der Waals surface area contributed by atoms with Gasteiger partial charge in [-0.3, -0.25) is 14.5 Å². The van der Waals surface area contributed by atoms with E-state index in [2.05, 4.69) is 13.8 Å². The van der Waals surface area contributed by atoms with Crippen LogP contribution in [0.15, 0.2) is 0 Å². The molecule has 1 N–H and O–H groups in total. The van der Waals surface area contributed by atoms with Crippen LogP contribution in [0.25, 0.3) is 0 Å². The first-order valence-electron chi connectivity index (χ1n) is 5.67. The Morgan fingerprint density at radius 3 is 2.00 bits per heavy atom. The molecular weight excluding hydrogens is 206 g/mol. The Kier molecular flexibility index (Phi) is 6.26. The molecule has 0 rings (SSSR count). The molecule has 0 fully saturated rings. The van der Waals surface area contributed by atoms with Crippen molar-refractivity contribution in [2.45, 2.75) is 39.7 Å². The number of hydrogen-bond donors (Lipinski definition) is 1. The first-order chi connectivity index (χ1) is 7.25. The van der Waals surface area contributed by atoms with E-state index in [1.54, 1.807) is 6.92 Å². The van der Waals surface area contributed by atoms with Gasteiger partial charge in [-0.15, -0.1) is 0 Å². The zero-order valence-corrected chi connectivity index (χ0v) is 10.9. The molecule has 0 saturated heterocycles. The van der Waals surface area contributed by atoms with Gasteiger partial charge in [0.15, 0.2) is 5.78 Å². The molecule has 94 valence electrons. The van der Waals surface area contributed by atoms with Crippen LogP contribution in [0.3, 0.4) is 0 Å². The van der Waals surface area contributed by atoms with Gasteiger partial charge in [0.25, 0.3) is 0 Å². The van der Waals surface area contributed by atoms with Gasteiger partial charge >= 0.3 is 5.97 Å². The smallest absolute Gasteiger partial charge is 0.306 e. The lowest BCUT2D eigenvalue weighted by atomic mass is 9.94. The molecule has 0 aromatic rings. The molecule has 0 heterocycles. The Bertz CT molecular complexity index is 249. The van der Waals surface area contributed by atoms with E-state index in [1.807, 2.05) is 19.0 Å². The van der Waals surface area contributed by atoms with Gasteiger partial charge < -0.3 is 5.11 Å². The van der Waals surface area contributed by atoms with Gasteiger partial charge in [0.1, 0.15) is 0 Å². The third-order valence-electron chi connectivity index (χ3n) is 2.62. The second-order valence-corrected chi connectivity index (χ2v) is 5.02. The van der Waals surface area contributed by atoms with Crippen LogP contribution in [0.4, 0.5) is 0 Å². The van der Waals surface area contributed by atoms with Crippen LogP contribution >= 0.6 is 0 Å². The third kappa shape index (κ3) is 5.26.